The van der Waals surface area contributed by atoms with Crippen molar-refractivity contribution in [3.63, 3.8) is 0 Å². The van der Waals surface area contributed by atoms with Crippen LogP contribution in [-0.2, 0) is 13.1 Å². The second-order valence-electron chi connectivity index (χ2n) is 6.15. The van der Waals surface area contributed by atoms with Gasteiger partial charge in [0.25, 0.3) is 5.56 Å². The number of pyridine rings is 1. The van der Waals surface area contributed by atoms with Gasteiger partial charge in [0.05, 0.1) is 6.54 Å². The highest BCUT2D eigenvalue weighted by Gasteiger charge is 2.21. The molecule has 0 bridgehead atoms. The van der Waals surface area contributed by atoms with Gasteiger partial charge >= 0.3 is 6.09 Å². The SMILES string of the molecule is O=C(O)N1CCN(Cc2ccn(Cc3ccccc3)c(=O)c2O)CC1. The number of rotatable bonds is 4. The summed E-state index contributed by atoms with van der Waals surface area (Å²) in [5.74, 6) is -0.237. The van der Waals surface area contributed by atoms with Gasteiger partial charge in [0, 0.05) is 44.5 Å². The van der Waals surface area contributed by atoms with Crippen molar-refractivity contribution in [1.82, 2.24) is 14.4 Å². The number of hydrogen-bond donors (Lipinski definition) is 2. The van der Waals surface area contributed by atoms with Crippen molar-refractivity contribution in [1.29, 1.82) is 0 Å². The molecule has 1 fully saturated rings. The van der Waals surface area contributed by atoms with Crippen LogP contribution in [0.4, 0.5) is 4.79 Å². The summed E-state index contributed by atoms with van der Waals surface area (Å²) in [6.45, 7) is 2.87. The smallest absolute Gasteiger partial charge is 0.407 e. The van der Waals surface area contributed by atoms with Crippen LogP contribution >= 0.6 is 0 Å². The summed E-state index contributed by atoms with van der Waals surface area (Å²) in [7, 11) is 0. The Balaban J connectivity index is 1.69. The minimum absolute atomic E-state index is 0.237. The number of amides is 1. The van der Waals surface area contributed by atoms with E-state index in [0.717, 1.165) is 5.56 Å². The van der Waals surface area contributed by atoms with E-state index < -0.39 is 11.7 Å². The van der Waals surface area contributed by atoms with Crippen LogP contribution in [0.25, 0.3) is 0 Å². The first-order valence-electron chi connectivity index (χ1n) is 8.20. The lowest BCUT2D eigenvalue weighted by Gasteiger charge is -2.33. The Morgan fingerprint density at radius 1 is 1.00 bits per heavy atom. The van der Waals surface area contributed by atoms with Crippen LogP contribution in [0.5, 0.6) is 5.75 Å². The van der Waals surface area contributed by atoms with E-state index in [1.165, 1.54) is 9.47 Å². The van der Waals surface area contributed by atoms with Crippen molar-refractivity contribution in [2.45, 2.75) is 13.1 Å². The molecule has 0 radical (unpaired) electrons. The standard InChI is InChI=1S/C18H21N3O4/c22-16-15(13-19-8-10-20(11-9-19)18(24)25)6-7-21(17(16)23)12-14-4-2-1-3-5-14/h1-7,22H,8-13H2,(H,24,25). The molecule has 132 valence electrons. The summed E-state index contributed by atoms with van der Waals surface area (Å²) in [5, 5.41) is 19.2. The number of aromatic hydroxyl groups is 1. The number of piperazine rings is 1. The third-order valence-electron chi connectivity index (χ3n) is 4.46. The van der Waals surface area contributed by atoms with Gasteiger partial charge in [-0.05, 0) is 11.6 Å². The Hall–Kier alpha value is -2.80. The molecule has 1 aliphatic heterocycles. The first-order valence-corrected chi connectivity index (χ1v) is 8.20. The van der Waals surface area contributed by atoms with E-state index in [-0.39, 0.29) is 5.75 Å². The van der Waals surface area contributed by atoms with Crippen LogP contribution in [0, 0.1) is 0 Å². The highest BCUT2D eigenvalue weighted by atomic mass is 16.4. The Kier molecular flexibility index (Phi) is 5.04. The van der Waals surface area contributed by atoms with Crippen LogP contribution in [0.1, 0.15) is 11.1 Å². The van der Waals surface area contributed by atoms with Gasteiger partial charge < -0.3 is 19.7 Å². The van der Waals surface area contributed by atoms with Crippen molar-refractivity contribution < 1.29 is 15.0 Å². The molecule has 0 spiro atoms. The quantitative estimate of drug-likeness (QED) is 0.876. The van der Waals surface area contributed by atoms with E-state index in [1.54, 1.807) is 12.3 Å². The molecule has 0 unspecified atom stereocenters. The van der Waals surface area contributed by atoms with Gasteiger partial charge in [-0.25, -0.2) is 4.79 Å². The fourth-order valence-electron chi connectivity index (χ4n) is 2.97. The maximum atomic E-state index is 12.4. The topological polar surface area (TPSA) is 86.0 Å². The third kappa shape index (κ3) is 4.00. The Morgan fingerprint density at radius 3 is 2.32 bits per heavy atom. The minimum atomic E-state index is -0.911. The molecule has 2 aromatic rings. The predicted molar refractivity (Wildman–Crippen MR) is 92.8 cm³/mol. The summed E-state index contributed by atoms with van der Waals surface area (Å²) in [5.41, 5.74) is 1.14. The second kappa shape index (κ2) is 7.40. The van der Waals surface area contributed by atoms with Gasteiger partial charge in [0.15, 0.2) is 5.75 Å². The summed E-state index contributed by atoms with van der Waals surface area (Å²) in [6.07, 6.45) is 0.781. The van der Waals surface area contributed by atoms with Gasteiger partial charge in [-0.1, -0.05) is 30.3 Å². The monoisotopic (exact) mass is 343 g/mol. The Morgan fingerprint density at radius 2 is 1.68 bits per heavy atom. The number of hydrogen-bond acceptors (Lipinski definition) is 4. The molecule has 1 saturated heterocycles. The number of benzene rings is 1. The second-order valence-corrected chi connectivity index (χ2v) is 6.15. The maximum Gasteiger partial charge on any atom is 0.407 e. The molecule has 7 nitrogen and oxygen atoms in total. The fourth-order valence-corrected chi connectivity index (χ4v) is 2.97. The van der Waals surface area contributed by atoms with E-state index in [9.17, 15) is 14.7 Å². The highest BCUT2D eigenvalue weighted by molar-refractivity contribution is 5.65. The average Bonchev–Trinajstić information content (AvgIpc) is 2.63. The van der Waals surface area contributed by atoms with Crippen LogP contribution < -0.4 is 5.56 Å². The minimum Gasteiger partial charge on any atom is -0.503 e. The zero-order chi connectivity index (χ0) is 17.8. The largest absolute Gasteiger partial charge is 0.503 e. The molecule has 2 heterocycles. The third-order valence-corrected chi connectivity index (χ3v) is 4.46. The van der Waals surface area contributed by atoms with Crippen molar-refractivity contribution in [2.24, 2.45) is 0 Å². The molecule has 7 heteroatoms. The molecular formula is C18H21N3O4. The fraction of sp³-hybridized carbons (Fsp3) is 0.333. The van der Waals surface area contributed by atoms with Gasteiger partial charge in [-0.3, -0.25) is 9.69 Å². The first kappa shape index (κ1) is 17.0. The van der Waals surface area contributed by atoms with Crippen LogP contribution in [-0.4, -0.2) is 56.9 Å². The van der Waals surface area contributed by atoms with Crippen LogP contribution in [0.2, 0.25) is 0 Å². The van der Waals surface area contributed by atoms with Crippen LogP contribution in [0.3, 0.4) is 0 Å². The van der Waals surface area contributed by atoms with Crippen molar-refractivity contribution >= 4 is 6.09 Å². The maximum absolute atomic E-state index is 12.4. The van der Waals surface area contributed by atoms with Crippen molar-refractivity contribution in [3.8, 4) is 5.75 Å². The predicted octanol–water partition coefficient (Wildman–Crippen LogP) is 1.40. The molecule has 1 aliphatic rings. The molecule has 25 heavy (non-hydrogen) atoms. The molecule has 0 aliphatic carbocycles. The molecule has 0 saturated carbocycles. The molecule has 1 amide bonds. The Bertz CT molecular complexity index is 796. The van der Waals surface area contributed by atoms with E-state index in [1.807, 2.05) is 35.2 Å². The van der Waals surface area contributed by atoms with E-state index in [4.69, 9.17) is 5.11 Å². The number of aromatic nitrogens is 1. The molecule has 3 rings (SSSR count). The van der Waals surface area contributed by atoms with Gasteiger partial charge in [0.1, 0.15) is 0 Å². The van der Waals surface area contributed by atoms with E-state index in [0.29, 0.717) is 44.8 Å². The molecular weight excluding hydrogens is 322 g/mol. The molecule has 1 aromatic heterocycles. The lowest BCUT2D eigenvalue weighted by Crippen LogP contribution is -2.47. The zero-order valence-corrected chi connectivity index (χ0v) is 13.8. The molecule has 0 atom stereocenters. The zero-order valence-electron chi connectivity index (χ0n) is 13.8. The van der Waals surface area contributed by atoms with Crippen LogP contribution in [0.15, 0.2) is 47.4 Å². The van der Waals surface area contributed by atoms with Gasteiger partial charge in [0.2, 0.25) is 0 Å². The number of nitrogens with zero attached hydrogens (tertiary/aromatic N) is 3. The van der Waals surface area contributed by atoms with Gasteiger partial charge in [-0.2, -0.15) is 0 Å². The highest BCUT2D eigenvalue weighted by Crippen LogP contribution is 2.16. The van der Waals surface area contributed by atoms with E-state index >= 15 is 0 Å². The normalized spacial score (nSPS) is 15.3. The molecule has 2 N–H and O–H groups in total. The summed E-state index contributed by atoms with van der Waals surface area (Å²) >= 11 is 0. The summed E-state index contributed by atoms with van der Waals surface area (Å²) in [4.78, 5) is 26.7. The lowest BCUT2D eigenvalue weighted by molar-refractivity contribution is 0.102. The Labute approximate surface area is 145 Å². The summed E-state index contributed by atoms with van der Waals surface area (Å²) in [6, 6.07) is 11.3. The summed E-state index contributed by atoms with van der Waals surface area (Å²) < 4.78 is 1.48. The van der Waals surface area contributed by atoms with Crippen molar-refractivity contribution in [2.75, 3.05) is 26.2 Å². The lowest BCUT2D eigenvalue weighted by atomic mass is 10.2. The van der Waals surface area contributed by atoms with Crippen molar-refractivity contribution in [3.05, 3.63) is 64.1 Å². The first-order chi connectivity index (χ1) is 12.0. The number of carbonyl (C=O) groups is 1. The van der Waals surface area contributed by atoms with Gasteiger partial charge in [-0.15, -0.1) is 0 Å². The van der Waals surface area contributed by atoms with E-state index in [2.05, 4.69) is 0 Å². The number of carboxylic acid groups (broad SMARTS) is 1. The molecule has 1 aromatic carbocycles. The average molecular weight is 343 g/mol.